The summed E-state index contributed by atoms with van der Waals surface area (Å²) in [7, 11) is 0. The highest BCUT2D eigenvalue weighted by atomic mass is 127. The van der Waals surface area contributed by atoms with Gasteiger partial charge >= 0.3 is 0 Å². The van der Waals surface area contributed by atoms with Crippen molar-refractivity contribution in [2.45, 2.75) is 0 Å². The van der Waals surface area contributed by atoms with E-state index < -0.39 is 0 Å². The van der Waals surface area contributed by atoms with Crippen molar-refractivity contribution in [1.29, 1.82) is 5.26 Å². The molecule has 4 nitrogen and oxygen atoms in total. The molecule has 0 unspecified atom stereocenters. The van der Waals surface area contributed by atoms with Gasteiger partial charge in [-0.05, 0) is 46.9 Å². The molecule has 5 heteroatoms. The molecule has 0 aliphatic carbocycles. The zero-order chi connectivity index (χ0) is 14.8. The highest BCUT2D eigenvalue weighted by molar-refractivity contribution is 14.1. The van der Waals surface area contributed by atoms with Gasteiger partial charge < -0.3 is 10.1 Å². The van der Waals surface area contributed by atoms with Gasteiger partial charge in [0.25, 0.3) is 0 Å². The Morgan fingerprint density at radius 1 is 1.14 bits per heavy atom. The van der Waals surface area contributed by atoms with Gasteiger partial charge in [0, 0.05) is 9.13 Å². The molecule has 0 amide bonds. The van der Waals surface area contributed by atoms with Gasteiger partial charge in [0.15, 0.2) is 5.82 Å². The summed E-state index contributed by atoms with van der Waals surface area (Å²) < 4.78 is 1.06. The van der Waals surface area contributed by atoms with Crippen LogP contribution in [0.3, 0.4) is 0 Å². The molecule has 21 heavy (non-hydrogen) atoms. The second kappa shape index (κ2) is 5.58. The van der Waals surface area contributed by atoms with Gasteiger partial charge in [0.1, 0.15) is 17.4 Å². The molecule has 0 aliphatic rings. The molecule has 0 atom stereocenters. The molecule has 2 aromatic carbocycles. The number of hydrogen-bond acceptors (Lipinski definition) is 3. The Balaban J connectivity index is 2.14. The van der Waals surface area contributed by atoms with Gasteiger partial charge in [-0.2, -0.15) is 5.26 Å². The van der Waals surface area contributed by atoms with Crippen molar-refractivity contribution in [3.63, 3.8) is 0 Å². The fourth-order valence-electron chi connectivity index (χ4n) is 2.04. The van der Waals surface area contributed by atoms with Crippen molar-refractivity contribution in [3.05, 3.63) is 63.5 Å². The van der Waals surface area contributed by atoms with Crippen LogP contribution in [-0.2, 0) is 0 Å². The number of imidazole rings is 1. The van der Waals surface area contributed by atoms with Crippen LogP contribution in [0.4, 0.5) is 0 Å². The van der Waals surface area contributed by atoms with Crippen molar-refractivity contribution in [2.24, 2.45) is 0 Å². The minimum Gasteiger partial charge on any atom is -0.506 e. The normalized spacial score (nSPS) is 12.0. The van der Waals surface area contributed by atoms with E-state index in [9.17, 15) is 10.4 Å². The Morgan fingerprint density at radius 2 is 1.86 bits per heavy atom. The Hall–Kier alpha value is -2.33. The molecule has 2 N–H and O–H groups in total. The summed E-state index contributed by atoms with van der Waals surface area (Å²) in [5.41, 5.74) is 2.31. The van der Waals surface area contributed by atoms with Crippen molar-refractivity contribution < 1.29 is 5.11 Å². The van der Waals surface area contributed by atoms with Gasteiger partial charge in [0.2, 0.25) is 0 Å². The van der Waals surface area contributed by atoms with E-state index in [1.54, 1.807) is 12.1 Å². The zero-order valence-corrected chi connectivity index (χ0v) is 13.0. The van der Waals surface area contributed by atoms with E-state index in [2.05, 4.69) is 32.6 Å². The summed E-state index contributed by atoms with van der Waals surface area (Å²) in [5.74, 6) is 0.294. The van der Waals surface area contributed by atoms with E-state index in [1.807, 2.05) is 42.5 Å². The van der Waals surface area contributed by atoms with Crippen molar-refractivity contribution in [3.8, 4) is 6.07 Å². The summed E-state index contributed by atoms with van der Waals surface area (Å²) in [4.78, 5) is 7.41. The van der Waals surface area contributed by atoms with Gasteiger partial charge in [-0.25, -0.2) is 4.98 Å². The number of hydrogen-bond donors (Lipinski definition) is 2. The number of aromatic amines is 1. The number of aliphatic hydroxyl groups excluding tert-OH is 1. The first kappa shape index (κ1) is 13.6. The first-order valence-electron chi connectivity index (χ1n) is 6.23. The Morgan fingerprint density at radius 3 is 2.52 bits per heavy atom. The quantitative estimate of drug-likeness (QED) is 0.395. The third kappa shape index (κ3) is 2.62. The summed E-state index contributed by atoms with van der Waals surface area (Å²) in [6, 6.07) is 16.8. The topological polar surface area (TPSA) is 72.7 Å². The average molecular weight is 387 g/mol. The van der Waals surface area contributed by atoms with E-state index in [4.69, 9.17) is 0 Å². The van der Waals surface area contributed by atoms with Crippen LogP contribution in [0.5, 0.6) is 0 Å². The van der Waals surface area contributed by atoms with Gasteiger partial charge in [-0.3, -0.25) is 0 Å². The first-order chi connectivity index (χ1) is 10.2. The fraction of sp³-hybridized carbons (Fsp3) is 0. The molecular weight excluding hydrogens is 377 g/mol. The zero-order valence-electron chi connectivity index (χ0n) is 10.8. The lowest BCUT2D eigenvalue weighted by molar-refractivity contribution is 0.514. The van der Waals surface area contributed by atoms with Gasteiger partial charge in [0.05, 0.1) is 11.0 Å². The molecule has 1 heterocycles. The number of halogens is 1. The summed E-state index contributed by atoms with van der Waals surface area (Å²) in [6.07, 6.45) is 0. The largest absolute Gasteiger partial charge is 0.506 e. The maximum absolute atomic E-state index is 10.3. The van der Waals surface area contributed by atoms with Crippen LogP contribution < -0.4 is 0 Å². The highest BCUT2D eigenvalue weighted by Crippen LogP contribution is 2.24. The predicted octanol–water partition coefficient (Wildman–Crippen LogP) is 4.12. The number of benzene rings is 2. The number of fused-ring (bicyclic) bond motifs is 1. The van der Waals surface area contributed by atoms with E-state index in [0.717, 1.165) is 14.6 Å². The van der Waals surface area contributed by atoms with E-state index >= 15 is 0 Å². The average Bonchev–Trinajstić information content (AvgIpc) is 2.92. The van der Waals surface area contributed by atoms with Crippen LogP contribution in [-0.4, -0.2) is 15.1 Å². The highest BCUT2D eigenvalue weighted by Gasteiger charge is 2.14. The van der Waals surface area contributed by atoms with Crippen LogP contribution in [0.25, 0.3) is 22.4 Å². The number of aromatic nitrogens is 2. The SMILES string of the molecule is N#C/C(=C(/O)c1ccc(I)cc1)c1nc2ccccc2[nH]1. The van der Waals surface area contributed by atoms with E-state index in [-0.39, 0.29) is 11.3 Å². The molecule has 0 spiro atoms. The van der Waals surface area contributed by atoms with Crippen LogP contribution in [0.1, 0.15) is 11.4 Å². The molecule has 1 aromatic heterocycles. The Labute approximate surface area is 134 Å². The molecule has 102 valence electrons. The monoisotopic (exact) mass is 387 g/mol. The maximum Gasteiger partial charge on any atom is 0.153 e. The molecular formula is C16H10IN3O. The minimum atomic E-state index is -0.0760. The Bertz CT molecular complexity index is 839. The molecule has 0 radical (unpaired) electrons. The molecule has 0 aliphatic heterocycles. The number of para-hydroxylation sites is 2. The number of nitrogens with zero attached hydrogens (tertiary/aromatic N) is 2. The summed E-state index contributed by atoms with van der Waals surface area (Å²) in [6.45, 7) is 0. The van der Waals surface area contributed by atoms with Crippen LogP contribution in [0, 0.1) is 14.9 Å². The number of nitriles is 1. The molecule has 0 saturated heterocycles. The summed E-state index contributed by atoms with van der Waals surface area (Å²) >= 11 is 2.19. The third-order valence-corrected chi connectivity index (χ3v) is 3.81. The standard InChI is InChI=1S/C16H10IN3O/c17-11-7-5-10(6-8-11)15(21)12(9-18)16-19-13-3-1-2-4-14(13)20-16/h1-8,21H,(H,19,20)/b15-12-. The van der Waals surface area contributed by atoms with Crippen molar-refractivity contribution in [1.82, 2.24) is 9.97 Å². The molecule has 0 bridgehead atoms. The van der Waals surface area contributed by atoms with Crippen LogP contribution in [0.15, 0.2) is 48.5 Å². The van der Waals surface area contributed by atoms with Crippen LogP contribution in [0.2, 0.25) is 0 Å². The second-order valence-electron chi connectivity index (χ2n) is 4.44. The van der Waals surface area contributed by atoms with Gasteiger partial charge in [-0.15, -0.1) is 0 Å². The molecule has 0 fully saturated rings. The number of rotatable bonds is 2. The van der Waals surface area contributed by atoms with Gasteiger partial charge in [-0.1, -0.05) is 24.3 Å². The minimum absolute atomic E-state index is 0.0760. The fourth-order valence-corrected chi connectivity index (χ4v) is 2.40. The molecule has 0 saturated carbocycles. The molecule has 3 aromatic rings. The van der Waals surface area contributed by atoms with Crippen LogP contribution >= 0.6 is 22.6 Å². The lowest BCUT2D eigenvalue weighted by Crippen LogP contribution is -1.92. The smallest absolute Gasteiger partial charge is 0.153 e. The lowest BCUT2D eigenvalue weighted by Gasteiger charge is -2.02. The summed E-state index contributed by atoms with van der Waals surface area (Å²) in [5, 5.41) is 19.7. The Kier molecular flexibility index (Phi) is 3.62. The predicted molar refractivity (Wildman–Crippen MR) is 90.3 cm³/mol. The van der Waals surface area contributed by atoms with Crippen molar-refractivity contribution in [2.75, 3.05) is 0 Å². The lowest BCUT2D eigenvalue weighted by atomic mass is 10.1. The second-order valence-corrected chi connectivity index (χ2v) is 5.69. The number of aliphatic hydroxyl groups is 1. The van der Waals surface area contributed by atoms with E-state index in [1.165, 1.54) is 0 Å². The van der Waals surface area contributed by atoms with E-state index in [0.29, 0.717) is 11.4 Å². The maximum atomic E-state index is 10.3. The number of nitrogens with one attached hydrogen (secondary N) is 1. The first-order valence-corrected chi connectivity index (χ1v) is 7.31. The third-order valence-electron chi connectivity index (χ3n) is 3.09. The number of allylic oxidation sites excluding steroid dienone is 1. The number of H-pyrrole nitrogens is 1. The molecule has 3 rings (SSSR count). The van der Waals surface area contributed by atoms with Crippen molar-refractivity contribution >= 4 is 45.0 Å².